The first kappa shape index (κ1) is 23.6. The van der Waals surface area contributed by atoms with E-state index in [0.29, 0.717) is 37.9 Å². The summed E-state index contributed by atoms with van der Waals surface area (Å²) in [6.07, 6.45) is 3.35. The Morgan fingerprint density at radius 2 is 1.77 bits per heavy atom. The minimum Gasteiger partial charge on any atom is -0.343 e. The topological polar surface area (TPSA) is 86.8 Å². The predicted molar refractivity (Wildman–Crippen MR) is 110 cm³/mol. The van der Waals surface area contributed by atoms with E-state index in [9.17, 15) is 26.8 Å². The van der Waals surface area contributed by atoms with Crippen molar-refractivity contribution in [2.75, 3.05) is 32.7 Å². The fraction of sp³-hybridized carbons (Fsp3) is 0.619. The number of nitrogens with zero attached hydrogens (tertiary/aromatic N) is 2. The Labute approximate surface area is 181 Å². The summed E-state index contributed by atoms with van der Waals surface area (Å²) in [5.41, 5.74) is 0. The summed E-state index contributed by atoms with van der Waals surface area (Å²) >= 11 is 0. The number of hydrogen-bond donors (Lipinski definition) is 1. The molecule has 2 amide bonds. The summed E-state index contributed by atoms with van der Waals surface area (Å²) in [6, 6.07) is 2.31. The van der Waals surface area contributed by atoms with Crippen molar-refractivity contribution in [2.24, 2.45) is 11.8 Å². The molecule has 0 spiro atoms. The van der Waals surface area contributed by atoms with Crippen LogP contribution in [-0.2, 0) is 19.6 Å². The first-order valence-electron chi connectivity index (χ1n) is 10.7. The van der Waals surface area contributed by atoms with Crippen LogP contribution in [0.25, 0.3) is 0 Å². The number of amides is 2. The maximum Gasteiger partial charge on any atom is 0.240 e. The lowest BCUT2D eigenvalue weighted by atomic mass is 9.92. The highest BCUT2D eigenvalue weighted by atomic mass is 32.2. The number of piperidine rings is 2. The predicted octanol–water partition coefficient (Wildman–Crippen LogP) is 2.13. The van der Waals surface area contributed by atoms with Gasteiger partial charge in [0.1, 0.15) is 0 Å². The van der Waals surface area contributed by atoms with Crippen molar-refractivity contribution >= 4 is 21.8 Å². The molecule has 2 aliphatic rings. The normalized spacial score (nSPS) is 20.7. The average molecular weight is 458 g/mol. The van der Waals surface area contributed by atoms with Crippen LogP contribution >= 0.6 is 0 Å². The van der Waals surface area contributed by atoms with Gasteiger partial charge in [0.2, 0.25) is 21.8 Å². The smallest absolute Gasteiger partial charge is 0.240 e. The fourth-order valence-corrected chi connectivity index (χ4v) is 5.24. The summed E-state index contributed by atoms with van der Waals surface area (Å²) in [6.45, 7) is 4.55. The minimum absolute atomic E-state index is 0.0504. The molecule has 31 heavy (non-hydrogen) atoms. The van der Waals surface area contributed by atoms with Crippen LogP contribution < -0.4 is 4.72 Å². The summed E-state index contributed by atoms with van der Waals surface area (Å²) < 4.78 is 52.9. The second kappa shape index (κ2) is 10.0. The number of rotatable bonds is 6. The van der Waals surface area contributed by atoms with Crippen molar-refractivity contribution in [1.29, 1.82) is 0 Å². The van der Waals surface area contributed by atoms with E-state index in [0.717, 1.165) is 38.1 Å². The quantitative estimate of drug-likeness (QED) is 0.709. The van der Waals surface area contributed by atoms with Gasteiger partial charge >= 0.3 is 0 Å². The Morgan fingerprint density at radius 3 is 2.42 bits per heavy atom. The highest BCUT2D eigenvalue weighted by Gasteiger charge is 2.31. The number of halogens is 2. The van der Waals surface area contributed by atoms with Gasteiger partial charge in [0.05, 0.1) is 4.90 Å². The second-order valence-corrected chi connectivity index (χ2v) is 10.2. The maximum absolute atomic E-state index is 13.3. The van der Waals surface area contributed by atoms with Crippen LogP contribution in [0.3, 0.4) is 0 Å². The monoisotopic (exact) mass is 457 g/mol. The molecule has 0 bridgehead atoms. The van der Waals surface area contributed by atoms with Crippen molar-refractivity contribution in [3.8, 4) is 0 Å². The minimum atomic E-state index is -4.04. The molecule has 0 aliphatic carbocycles. The molecular formula is C21H29F2N3O4S. The zero-order valence-electron chi connectivity index (χ0n) is 17.6. The summed E-state index contributed by atoms with van der Waals surface area (Å²) in [5, 5.41) is 0. The van der Waals surface area contributed by atoms with E-state index in [-0.39, 0.29) is 30.7 Å². The highest BCUT2D eigenvalue weighted by molar-refractivity contribution is 7.89. The van der Waals surface area contributed by atoms with Gasteiger partial charge in [-0.2, -0.15) is 0 Å². The Morgan fingerprint density at radius 1 is 1.06 bits per heavy atom. The molecule has 2 saturated heterocycles. The third-order valence-corrected chi connectivity index (χ3v) is 7.46. The van der Waals surface area contributed by atoms with Gasteiger partial charge in [0, 0.05) is 45.1 Å². The van der Waals surface area contributed by atoms with Gasteiger partial charge in [0.25, 0.3) is 0 Å². The van der Waals surface area contributed by atoms with Crippen LogP contribution in [-0.4, -0.2) is 62.8 Å². The molecule has 7 nitrogen and oxygen atoms in total. The summed E-state index contributed by atoms with van der Waals surface area (Å²) in [4.78, 5) is 28.4. The first-order valence-corrected chi connectivity index (χ1v) is 12.2. The molecule has 0 aromatic heterocycles. The number of likely N-dealkylation sites (tertiary alicyclic amines) is 2. The molecule has 2 fully saturated rings. The highest BCUT2D eigenvalue weighted by Crippen LogP contribution is 2.24. The molecule has 0 saturated carbocycles. The molecular weight excluding hydrogens is 428 g/mol. The molecule has 1 N–H and O–H groups in total. The van der Waals surface area contributed by atoms with Gasteiger partial charge in [-0.25, -0.2) is 21.9 Å². The van der Waals surface area contributed by atoms with Crippen LogP contribution in [0.1, 0.15) is 39.0 Å². The van der Waals surface area contributed by atoms with Crippen LogP contribution in [0.5, 0.6) is 0 Å². The molecule has 2 aliphatic heterocycles. The second-order valence-electron chi connectivity index (χ2n) is 8.41. The first-order chi connectivity index (χ1) is 14.7. The summed E-state index contributed by atoms with van der Waals surface area (Å²) in [7, 11) is -4.04. The number of nitrogens with one attached hydrogen (secondary N) is 1. The van der Waals surface area contributed by atoms with Crippen molar-refractivity contribution in [2.45, 2.75) is 43.9 Å². The average Bonchev–Trinajstić information content (AvgIpc) is 2.75. The zero-order valence-corrected chi connectivity index (χ0v) is 18.5. The molecule has 2 heterocycles. The van der Waals surface area contributed by atoms with Gasteiger partial charge in [-0.3, -0.25) is 9.59 Å². The maximum atomic E-state index is 13.3. The number of benzene rings is 1. The Hall–Kier alpha value is -2.07. The number of hydrogen-bond acceptors (Lipinski definition) is 4. The van der Waals surface area contributed by atoms with Crippen LogP contribution in [0, 0.1) is 23.5 Å². The van der Waals surface area contributed by atoms with Crippen molar-refractivity contribution < 1.29 is 26.8 Å². The Balaban J connectivity index is 1.43. The lowest BCUT2D eigenvalue weighted by Crippen LogP contribution is -2.47. The zero-order chi connectivity index (χ0) is 22.6. The van der Waals surface area contributed by atoms with Gasteiger partial charge in [-0.15, -0.1) is 0 Å². The van der Waals surface area contributed by atoms with Gasteiger partial charge in [-0.05, 0) is 49.8 Å². The number of carbonyl (C=O) groups excluding carboxylic acids is 2. The molecule has 1 aromatic carbocycles. The fourth-order valence-electron chi connectivity index (χ4n) is 4.20. The van der Waals surface area contributed by atoms with E-state index in [4.69, 9.17) is 0 Å². The third kappa shape index (κ3) is 6.00. The van der Waals surface area contributed by atoms with Crippen molar-refractivity contribution in [3.05, 3.63) is 29.8 Å². The number of sulfonamides is 1. The molecule has 10 heteroatoms. The van der Waals surface area contributed by atoms with Crippen LogP contribution in [0.4, 0.5) is 8.78 Å². The third-order valence-electron chi connectivity index (χ3n) is 6.00. The largest absolute Gasteiger partial charge is 0.343 e. The molecule has 172 valence electrons. The van der Waals surface area contributed by atoms with E-state index in [1.165, 1.54) is 0 Å². The van der Waals surface area contributed by atoms with Crippen molar-refractivity contribution in [1.82, 2.24) is 14.5 Å². The van der Waals surface area contributed by atoms with E-state index in [1.54, 1.807) is 4.90 Å². The van der Waals surface area contributed by atoms with Crippen LogP contribution in [0.2, 0.25) is 0 Å². The van der Waals surface area contributed by atoms with Crippen LogP contribution in [0.15, 0.2) is 23.1 Å². The number of carbonyl (C=O) groups is 2. The molecule has 0 radical (unpaired) electrons. The van der Waals surface area contributed by atoms with E-state index < -0.39 is 26.6 Å². The van der Waals surface area contributed by atoms with E-state index >= 15 is 0 Å². The molecule has 1 aromatic rings. The molecule has 3 rings (SSSR count). The molecule has 1 unspecified atom stereocenters. The lowest BCUT2D eigenvalue weighted by molar-refractivity contribution is -0.142. The lowest BCUT2D eigenvalue weighted by Gasteiger charge is -2.37. The van der Waals surface area contributed by atoms with Crippen molar-refractivity contribution in [3.63, 3.8) is 0 Å². The van der Waals surface area contributed by atoms with Gasteiger partial charge in [0.15, 0.2) is 11.6 Å². The van der Waals surface area contributed by atoms with Gasteiger partial charge in [-0.1, -0.05) is 6.92 Å². The summed E-state index contributed by atoms with van der Waals surface area (Å²) in [5.74, 6) is -1.96. The Bertz CT molecular complexity index is 917. The Kier molecular flexibility index (Phi) is 7.64. The van der Waals surface area contributed by atoms with Gasteiger partial charge < -0.3 is 9.80 Å². The SMILES string of the molecule is CC1CCCN(C(=O)C2CCN(C(=O)CCNS(=O)(=O)c3ccc(F)c(F)c3)CC2)C1. The van der Waals surface area contributed by atoms with E-state index in [1.807, 2.05) is 4.90 Å². The van der Waals surface area contributed by atoms with E-state index in [2.05, 4.69) is 11.6 Å². The molecule has 1 atom stereocenters. The standard InChI is InChI=1S/C21H29F2N3O4S/c1-15-3-2-10-26(14-15)21(28)16-7-11-25(12-8-16)20(27)6-9-24-31(29,30)17-4-5-18(22)19(23)13-17/h4-5,13,15-16,24H,2-3,6-12,14H2,1H3.